The average Bonchev–Trinajstić information content (AvgIpc) is 2.78. The molecule has 2 rings (SSSR count). The molecule has 1 aromatic carbocycles. The van der Waals surface area contributed by atoms with Crippen LogP contribution in [0.2, 0.25) is 0 Å². The summed E-state index contributed by atoms with van der Waals surface area (Å²) in [4.78, 5) is 14.4. The van der Waals surface area contributed by atoms with Crippen molar-refractivity contribution in [3.63, 3.8) is 0 Å². The summed E-state index contributed by atoms with van der Waals surface area (Å²) in [7, 11) is 0. The summed E-state index contributed by atoms with van der Waals surface area (Å²) < 4.78 is 5.44. The van der Waals surface area contributed by atoms with Gasteiger partial charge in [0.2, 0.25) is 0 Å². The number of fused-ring (bicyclic) bond motifs is 1. The first-order valence-corrected chi connectivity index (χ1v) is 6.31. The molecule has 1 aromatic heterocycles. The number of nitro benzene ring substituents is 1. The first-order chi connectivity index (χ1) is 9.41. The Morgan fingerprint density at radius 2 is 2.25 bits per heavy atom. The van der Waals surface area contributed by atoms with Crippen LogP contribution in [0, 0.1) is 15.5 Å². The summed E-state index contributed by atoms with van der Waals surface area (Å²) in [5.41, 5.74) is 0.821. The van der Waals surface area contributed by atoms with Gasteiger partial charge in [-0.2, -0.15) is 4.98 Å². The minimum atomic E-state index is -0.473. The number of aliphatic hydroxyl groups excluding tert-OH is 1. The molecular formula is C13H17N3O4. The molecule has 0 aliphatic carbocycles. The molecule has 2 aromatic rings. The Labute approximate surface area is 115 Å². The fourth-order valence-electron chi connectivity index (χ4n) is 1.81. The number of hydrogen-bond acceptors (Lipinski definition) is 6. The van der Waals surface area contributed by atoms with Gasteiger partial charge in [0.05, 0.1) is 11.0 Å². The van der Waals surface area contributed by atoms with E-state index < -0.39 is 4.92 Å². The van der Waals surface area contributed by atoms with Crippen molar-refractivity contribution in [1.29, 1.82) is 0 Å². The number of oxazole rings is 1. The molecule has 0 amide bonds. The van der Waals surface area contributed by atoms with Crippen LogP contribution in [0.3, 0.4) is 0 Å². The molecular weight excluding hydrogens is 262 g/mol. The maximum absolute atomic E-state index is 10.7. The number of rotatable bonds is 6. The third kappa shape index (κ3) is 3.24. The lowest BCUT2D eigenvalue weighted by Crippen LogP contribution is -2.24. The smallest absolute Gasteiger partial charge is 0.295 e. The molecule has 0 fully saturated rings. The van der Waals surface area contributed by atoms with Crippen molar-refractivity contribution in [2.45, 2.75) is 20.3 Å². The van der Waals surface area contributed by atoms with E-state index in [1.54, 1.807) is 6.07 Å². The highest BCUT2D eigenvalue weighted by Crippen LogP contribution is 2.25. The Kier molecular flexibility index (Phi) is 3.89. The summed E-state index contributed by atoms with van der Waals surface area (Å²) >= 11 is 0. The molecule has 1 heterocycles. The van der Waals surface area contributed by atoms with E-state index in [0.29, 0.717) is 30.1 Å². The van der Waals surface area contributed by atoms with Gasteiger partial charge in [0, 0.05) is 19.2 Å². The normalized spacial score (nSPS) is 11.8. The van der Waals surface area contributed by atoms with Crippen LogP contribution in [-0.4, -0.2) is 28.2 Å². The maximum Gasteiger partial charge on any atom is 0.295 e. The summed E-state index contributed by atoms with van der Waals surface area (Å²) in [5, 5.41) is 22.7. The largest absolute Gasteiger partial charge is 0.423 e. The molecule has 0 aliphatic heterocycles. The SMILES string of the molecule is CC(C)(CCO)CNc1nc2ccc([N+](=O)[O-])cc2o1. The number of nitrogens with one attached hydrogen (secondary N) is 1. The van der Waals surface area contributed by atoms with E-state index >= 15 is 0 Å². The van der Waals surface area contributed by atoms with E-state index in [0.717, 1.165) is 0 Å². The van der Waals surface area contributed by atoms with Gasteiger partial charge in [-0.15, -0.1) is 0 Å². The number of nitrogens with zero attached hydrogens (tertiary/aromatic N) is 2. The molecule has 0 atom stereocenters. The van der Waals surface area contributed by atoms with Gasteiger partial charge in [-0.1, -0.05) is 13.8 Å². The minimum absolute atomic E-state index is 0.0270. The second-order valence-electron chi connectivity index (χ2n) is 5.42. The predicted molar refractivity (Wildman–Crippen MR) is 74.6 cm³/mol. The first-order valence-electron chi connectivity index (χ1n) is 6.31. The number of benzene rings is 1. The molecule has 2 N–H and O–H groups in total. The lowest BCUT2D eigenvalue weighted by atomic mass is 9.90. The zero-order valence-electron chi connectivity index (χ0n) is 11.4. The lowest BCUT2D eigenvalue weighted by Gasteiger charge is -2.23. The Bertz CT molecular complexity index is 621. The lowest BCUT2D eigenvalue weighted by molar-refractivity contribution is -0.384. The fourth-order valence-corrected chi connectivity index (χ4v) is 1.81. The first kappa shape index (κ1) is 14.3. The second-order valence-corrected chi connectivity index (χ2v) is 5.42. The van der Waals surface area contributed by atoms with Crippen LogP contribution in [-0.2, 0) is 0 Å². The van der Waals surface area contributed by atoms with Gasteiger partial charge in [-0.25, -0.2) is 0 Å². The van der Waals surface area contributed by atoms with Gasteiger partial charge >= 0.3 is 0 Å². The van der Waals surface area contributed by atoms with Crippen molar-refractivity contribution >= 4 is 22.8 Å². The average molecular weight is 279 g/mol. The van der Waals surface area contributed by atoms with Crippen LogP contribution >= 0.6 is 0 Å². The highest BCUT2D eigenvalue weighted by atomic mass is 16.6. The van der Waals surface area contributed by atoms with E-state index in [1.807, 2.05) is 13.8 Å². The van der Waals surface area contributed by atoms with Crippen LogP contribution < -0.4 is 5.32 Å². The van der Waals surface area contributed by atoms with Gasteiger partial charge in [0.15, 0.2) is 5.58 Å². The molecule has 0 aliphatic rings. The van der Waals surface area contributed by atoms with Crippen molar-refractivity contribution in [2.75, 3.05) is 18.5 Å². The molecule has 0 unspecified atom stereocenters. The van der Waals surface area contributed by atoms with Crippen molar-refractivity contribution < 1.29 is 14.4 Å². The molecule has 7 nitrogen and oxygen atoms in total. The highest BCUT2D eigenvalue weighted by Gasteiger charge is 2.18. The Balaban J connectivity index is 2.14. The van der Waals surface area contributed by atoms with Crippen molar-refractivity contribution in [3.8, 4) is 0 Å². The van der Waals surface area contributed by atoms with Gasteiger partial charge in [0.1, 0.15) is 5.52 Å². The van der Waals surface area contributed by atoms with Crippen LogP contribution in [0.25, 0.3) is 11.1 Å². The number of nitro groups is 1. The van der Waals surface area contributed by atoms with Gasteiger partial charge in [-0.05, 0) is 17.9 Å². The van der Waals surface area contributed by atoms with E-state index in [-0.39, 0.29) is 17.7 Å². The van der Waals surface area contributed by atoms with Gasteiger partial charge < -0.3 is 14.8 Å². The summed E-state index contributed by atoms with van der Waals surface area (Å²) in [6.45, 7) is 4.74. The zero-order chi connectivity index (χ0) is 14.8. The van der Waals surface area contributed by atoms with Crippen LogP contribution in [0.5, 0.6) is 0 Å². The zero-order valence-corrected chi connectivity index (χ0v) is 11.4. The molecule has 0 bridgehead atoms. The number of aromatic nitrogens is 1. The Hall–Kier alpha value is -2.15. The second kappa shape index (κ2) is 5.46. The fraction of sp³-hybridized carbons (Fsp3) is 0.462. The van der Waals surface area contributed by atoms with Crippen molar-refractivity contribution in [2.24, 2.45) is 5.41 Å². The molecule has 0 spiro atoms. The number of hydrogen-bond donors (Lipinski definition) is 2. The van der Waals surface area contributed by atoms with Gasteiger partial charge in [-0.3, -0.25) is 10.1 Å². The highest BCUT2D eigenvalue weighted by molar-refractivity contribution is 5.77. The van der Waals surface area contributed by atoms with E-state index in [1.165, 1.54) is 12.1 Å². The van der Waals surface area contributed by atoms with Crippen molar-refractivity contribution in [3.05, 3.63) is 28.3 Å². The van der Waals surface area contributed by atoms with Crippen LogP contribution in [0.4, 0.5) is 11.7 Å². The molecule has 108 valence electrons. The number of non-ortho nitro benzene ring substituents is 1. The topological polar surface area (TPSA) is 101 Å². The molecule has 0 saturated heterocycles. The molecule has 7 heteroatoms. The predicted octanol–water partition coefficient (Wildman–Crippen LogP) is 2.56. The molecule has 0 saturated carbocycles. The Morgan fingerprint density at radius 3 is 2.90 bits per heavy atom. The van der Waals surface area contributed by atoms with Crippen LogP contribution in [0.1, 0.15) is 20.3 Å². The quantitative estimate of drug-likeness (QED) is 0.622. The monoisotopic (exact) mass is 279 g/mol. The van der Waals surface area contributed by atoms with E-state index in [4.69, 9.17) is 9.52 Å². The summed E-state index contributed by atoms with van der Waals surface area (Å²) in [5.74, 6) is 0. The van der Waals surface area contributed by atoms with Crippen molar-refractivity contribution in [1.82, 2.24) is 4.98 Å². The van der Waals surface area contributed by atoms with Crippen LogP contribution in [0.15, 0.2) is 22.6 Å². The standard InChI is InChI=1S/C13H17N3O4/c1-13(2,5-6-17)8-14-12-15-10-4-3-9(16(18)19)7-11(10)20-12/h3-4,7,17H,5-6,8H2,1-2H3,(H,14,15). The summed E-state index contributed by atoms with van der Waals surface area (Å²) in [6.07, 6.45) is 0.658. The van der Waals surface area contributed by atoms with E-state index in [2.05, 4.69) is 10.3 Å². The third-order valence-corrected chi connectivity index (χ3v) is 3.09. The van der Waals surface area contributed by atoms with Gasteiger partial charge in [0.25, 0.3) is 11.7 Å². The number of anilines is 1. The number of aliphatic hydroxyl groups is 1. The molecule has 20 heavy (non-hydrogen) atoms. The third-order valence-electron chi connectivity index (χ3n) is 3.09. The maximum atomic E-state index is 10.7. The molecule has 0 radical (unpaired) electrons. The van der Waals surface area contributed by atoms with E-state index in [9.17, 15) is 10.1 Å². The minimum Gasteiger partial charge on any atom is -0.423 e. The Morgan fingerprint density at radius 1 is 1.50 bits per heavy atom. The summed E-state index contributed by atoms with van der Waals surface area (Å²) in [6, 6.07) is 4.63.